The highest BCUT2D eigenvalue weighted by Gasteiger charge is 2.35. The van der Waals surface area contributed by atoms with Crippen LogP contribution in [0.4, 0.5) is 0 Å². The molecule has 4 rings (SSSR count). The molecular weight excluding hydrogens is 326 g/mol. The van der Waals surface area contributed by atoms with Crippen molar-refractivity contribution in [2.24, 2.45) is 0 Å². The van der Waals surface area contributed by atoms with Crippen LogP contribution in [0.3, 0.4) is 0 Å². The van der Waals surface area contributed by atoms with E-state index in [0.717, 1.165) is 29.6 Å². The average molecular weight is 347 g/mol. The molecule has 5 heteroatoms. The molecule has 0 radical (unpaired) electrons. The largest absolute Gasteiger partial charge is 0.497 e. The molecule has 26 heavy (non-hydrogen) atoms. The number of aromatic nitrogens is 2. The van der Waals surface area contributed by atoms with Gasteiger partial charge in [-0.05, 0) is 48.6 Å². The fourth-order valence-corrected chi connectivity index (χ4v) is 3.48. The molecule has 132 valence electrons. The summed E-state index contributed by atoms with van der Waals surface area (Å²) in [5, 5.41) is 0. The Morgan fingerprint density at radius 1 is 1.12 bits per heavy atom. The molecular formula is C21H21N3O2. The van der Waals surface area contributed by atoms with Gasteiger partial charge in [0.2, 0.25) is 0 Å². The van der Waals surface area contributed by atoms with Crippen molar-refractivity contribution in [3.8, 4) is 5.75 Å². The summed E-state index contributed by atoms with van der Waals surface area (Å²) in [6.45, 7) is 0. The maximum atomic E-state index is 12.8. The summed E-state index contributed by atoms with van der Waals surface area (Å²) in [6.07, 6.45) is 3.48. The first kappa shape index (κ1) is 16.5. The first-order valence-corrected chi connectivity index (χ1v) is 8.78. The minimum absolute atomic E-state index is 0.0719. The lowest BCUT2D eigenvalue weighted by Gasteiger charge is -2.41. The number of ether oxygens (including phenoxy) is 1. The van der Waals surface area contributed by atoms with Gasteiger partial charge in [-0.1, -0.05) is 24.3 Å². The van der Waals surface area contributed by atoms with Gasteiger partial charge in [-0.2, -0.15) is 0 Å². The molecule has 1 aliphatic rings. The van der Waals surface area contributed by atoms with E-state index in [1.165, 1.54) is 5.56 Å². The number of hydrogen-bond acceptors (Lipinski definition) is 4. The molecule has 2 aromatic carbocycles. The zero-order chi connectivity index (χ0) is 18.1. The maximum Gasteiger partial charge on any atom is 0.274 e. The fourth-order valence-electron chi connectivity index (χ4n) is 3.48. The summed E-state index contributed by atoms with van der Waals surface area (Å²) in [6, 6.07) is 16.0. The summed E-state index contributed by atoms with van der Waals surface area (Å²) in [5.41, 5.74) is 3.21. The molecule has 3 aromatic rings. The number of para-hydroxylation sites is 2. The molecule has 1 heterocycles. The molecule has 0 spiro atoms. The molecule has 1 aliphatic carbocycles. The number of benzene rings is 2. The van der Waals surface area contributed by atoms with Crippen molar-refractivity contribution in [1.29, 1.82) is 0 Å². The number of fused-ring (bicyclic) bond motifs is 1. The van der Waals surface area contributed by atoms with Crippen LogP contribution in [-0.4, -0.2) is 41.0 Å². The Kier molecular flexibility index (Phi) is 4.29. The molecule has 0 unspecified atom stereocenters. The van der Waals surface area contributed by atoms with Gasteiger partial charge < -0.3 is 9.64 Å². The third kappa shape index (κ3) is 3.01. The Morgan fingerprint density at radius 3 is 2.65 bits per heavy atom. The average Bonchev–Trinajstić information content (AvgIpc) is 2.66. The Hall–Kier alpha value is -2.95. The van der Waals surface area contributed by atoms with Gasteiger partial charge in [0.1, 0.15) is 11.4 Å². The summed E-state index contributed by atoms with van der Waals surface area (Å²) < 4.78 is 5.30. The lowest BCUT2D eigenvalue weighted by molar-refractivity contribution is 0.0614. The highest BCUT2D eigenvalue weighted by molar-refractivity contribution is 5.93. The lowest BCUT2D eigenvalue weighted by Crippen LogP contribution is -2.45. The number of methoxy groups -OCH3 is 1. The molecule has 0 bridgehead atoms. The van der Waals surface area contributed by atoms with Gasteiger partial charge in [0.25, 0.3) is 5.91 Å². The van der Waals surface area contributed by atoms with Gasteiger partial charge in [-0.25, -0.2) is 4.98 Å². The number of carbonyl (C=O) groups excluding carboxylic acids is 1. The summed E-state index contributed by atoms with van der Waals surface area (Å²) in [7, 11) is 3.53. The summed E-state index contributed by atoms with van der Waals surface area (Å²) in [5.74, 6) is 1.27. The van der Waals surface area contributed by atoms with Gasteiger partial charge in [-0.15, -0.1) is 0 Å². The molecule has 1 fully saturated rings. The molecule has 0 aliphatic heterocycles. The Bertz CT molecular complexity index is 951. The molecule has 1 amide bonds. The highest BCUT2D eigenvalue weighted by Crippen LogP contribution is 2.40. The predicted octanol–water partition coefficient (Wildman–Crippen LogP) is 3.66. The van der Waals surface area contributed by atoms with Crippen molar-refractivity contribution >= 4 is 16.9 Å². The molecule has 1 aromatic heterocycles. The van der Waals surface area contributed by atoms with Crippen LogP contribution in [-0.2, 0) is 0 Å². The molecule has 0 atom stereocenters. The van der Waals surface area contributed by atoms with Crippen LogP contribution in [0.15, 0.2) is 54.7 Å². The van der Waals surface area contributed by atoms with Gasteiger partial charge in [-0.3, -0.25) is 9.78 Å². The van der Waals surface area contributed by atoms with Crippen molar-refractivity contribution in [3.63, 3.8) is 0 Å². The number of hydrogen-bond donors (Lipinski definition) is 0. The van der Waals surface area contributed by atoms with Gasteiger partial charge >= 0.3 is 0 Å². The second-order valence-corrected chi connectivity index (χ2v) is 6.76. The van der Waals surface area contributed by atoms with E-state index in [1.807, 2.05) is 43.4 Å². The molecule has 0 N–H and O–H groups in total. The quantitative estimate of drug-likeness (QED) is 0.723. The van der Waals surface area contributed by atoms with E-state index in [4.69, 9.17) is 4.74 Å². The van der Waals surface area contributed by atoms with Crippen LogP contribution >= 0.6 is 0 Å². The van der Waals surface area contributed by atoms with Gasteiger partial charge in [0.15, 0.2) is 0 Å². The number of rotatable bonds is 4. The minimum atomic E-state index is -0.0719. The van der Waals surface area contributed by atoms with Crippen LogP contribution in [0, 0.1) is 0 Å². The predicted molar refractivity (Wildman–Crippen MR) is 100 cm³/mol. The number of nitrogens with zero attached hydrogens (tertiary/aromatic N) is 3. The van der Waals surface area contributed by atoms with Crippen LogP contribution in [0.25, 0.3) is 11.0 Å². The first-order valence-electron chi connectivity index (χ1n) is 8.78. The van der Waals surface area contributed by atoms with Gasteiger partial charge in [0, 0.05) is 13.1 Å². The number of carbonyl (C=O) groups is 1. The summed E-state index contributed by atoms with van der Waals surface area (Å²) in [4.78, 5) is 23.4. The zero-order valence-electron chi connectivity index (χ0n) is 14.9. The summed E-state index contributed by atoms with van der Waals surface area (Å²) >= 11 is 0. The van der Waals surface area contributed by atoms with E-state index in [-0.39, 0.29) is 11.9 Å². The van der Waals surface area contributed by atoms with Crippen molar-refractivity contribution < 1.29 is 9.53 Å². The number of amides is 1. The van der Waals surface area contributed by atoms with Crippen LogP contribution in [0.5, 0.6) is 5.75 Å². The van der Waals surface area contributed by atoms with E-state index in [0.29, 0.717) is 11.6 Å². The molecule has 1 saturated carbocycles. The van der Waals surface area contributed by atoms with E-state index in [1.54, 1.807) is 18.2 Å². The van der Waals surface area contributed by atoms with Crippen molar-refractivity contribution in [1.82, 2.24) is 14.9 Å². The van der Waals surface area contributed by atoms with Crippen LogP contribution in [0.2, 0.25) is 0 Å². The fraction of sp³-hybridized carbons (Fsp3) is 0.286. The van der Waals surface area contributed by atoms with Crippen molar-refractivity contribution in [2.45, 2.75) is 24.8 Å². The second-order valence-electron chi connectivity index (χ2n) is 6.76. The van der Waals surface area contributed by atoms with Gasteiger partial charge in [0.05, 0.1) is 24.3 Å². The van der Waals surface area contributed by atoms with Crippen molar-refractivity contribution in [3.05, 3.63) is 66.0 Å². The second kappa shape index (κ2) is 6.75. The zero-order valence-corrected chi connectivity index (χ0v) is 14.9. The van der Waals surface area contributed by atoms with Crippen LogP contribution in [0.1, 0.15) is 34.8 Å². The van der Waals surface area contributed by atoms with E-state index in [9.17, 15) is 4.79 Å². The van der Waals surface area contributed by atoms with Crippen molar-refractivity contribution in [2.75, 3.05) is 14.2 Å². The smallest absolute Gasteiger partial charge is 0.274 e. The maximum absolute atomic E-state index is 12.8. The molecule has 5 nitrogen and oxygen atoms in total. The highest BCUT2D eigenvalue weighted by atomic mass is 16.5. The molecule has 0 saturated heterocycles. The topological polar surface area (TPSA) is 55.3 Å². The first-order chi connectivity index (χ1) is 12.7. The lowest BCUT2D eigenvalue weighted by atomic mass is 9.75. The monoisotopic (exact) mass is 347 g/mol. The Labute approximate surface area is 152 Å². The Balaban J connectivity index is 1.44. The van der Waals surface area contributed by atoms with E-state index < -0.39 is 0 Å². The third-order valence-corrected chi connectivity index (χ3v) is 5.21. The minimum Gasteiger partial charge on any atom is -0.497 e. The van der Waals surface area contributed by atoms with E-state index >= 15 is 0 Å². The Morgan fingerprint density at radius 2 is 1.88 bits per heavy atom. The van der Waals surface area contributed by atoms with Crippen LogP contribution < -0.4 is 4.74 Å². The SMILES string of the molecule is COc1cccc(C2CC(N(C)C(=O)c3cnc4ccccc4n3)C2)c1. The third-order valence-electron chi connectivity index (χ3n) is 5.21. The standard InChI is InChI=1S/C21H21N3O2/c1-24(16-10-15(11-16)14-6-5-7-17(12-14)26-2)21(25)20-13-22-18-8-3-4-9-19(18)23-20/h3-9,12-13,15-16H,10-11H2,1-2H3. The normalized spacial score (nSPS) is 19.0. The van der Waals surface area contributed by atoms with E-state index in [2.05, 4.69) is 22.1 Å².